The highest BCUT2D eigenvalue weighted by Gasteiger charge is 2.42. The van der Waals surface area contributed by atoms with Gasteiger partial charge in [0.1, 0.15) is 0 Å². The van der Waals surface area contributed by atoms with Gasteiger partial charge in [-0.15, -0.1) is 0 Å². The topological polar surface area (TPSA) is 15.3 Å². The van der Waals surface area contributed by atoms with Crippen LogP contribution in [0.1, 0.15) is 71.6 Å². The molecule has 0 amide bonds. The zero-order chi connectivity index (χ0) is 13.3. The first-order valence-corrected chi connectivity index (χ1v) is 8.71. The minimum Gasteiger partial charge on any atom is -0.308 e. The highest BCUT2D eigenvalue weighted by molar-refractivity contribution is 5.01. The minimum atomic E-state index is 0.474. The summed E-state index contributed by atoms with van der Waals surface area (Å²) in [6.45, 7) is 7.46. The smallest absolute Gasteiger partial charge is 0.0309 e. The van der Waals surface area contributed by atoms with Crippen molar-refractivity contribution in [3.8, 4) is 0 Å². The lowest BCUT2D eigenvalue weighted by Crippen LogP contribution is -2.66. The Balaban J connectivity index is 1.71. The molecule has 1 N–H and O–H groups in total. The predicted molar refractivity (Wildman–Crippen MR) is 81.4 cm³/mol. The SMILES string of the molecule is CC1CCCCC1N1CC2(CCCCC2)NCC1C. The quantitative estimate of drug-likeness (QED) is 0.779. The van der Waals surface area contributed by atoms with Crippen LogP contribution in [0.25, 0.3) is 0 Å². The normalized spacial score (nSPS) is 40.4. The van der Waals surface area contributed by atoms with Gasteiger partial charge in [0.25, 0.3) is 0 Å². The van der Waals surface area contributed by atoms with Crippen LogP contribution in [0.3, 0.4) is 0 Å². The molecule has 2 nitrogen and oxygen atoms in total. The first kappa shape index (κ1) is 13.9. The second-order valence-electron chi connectivity index (χ2n) is 7.57. The summed E-state index contributed by atoms with van der Waals surface area (Å²) in [5.74, 6) is 0.912. The molecule has 3 unspecified atom stereocenters. The fourth-order valence-corrected chi connectivity index (χ4v) is 4.84. The Morgan fingerprint density at radius 2 is 1.68 bits per heavy atom. The summed E-state index contributed by atoms with van der Waals surface area (Å²) in [5.41, 5.74) is 0.474. The molecule has 2 aliphatic carbocycles. The molecule has 2 heteroatoms. The average Bonchev–Trinajstić information content (AvgIpc) is 2.44. The van der Waals surface area contributed by atoms with E-state index in [1.807, 2.05) is 0 Å². The van der Waals surface area contributed by atoms with Gasteiger partial charge in [-0.05, 0) is 38.5 Å². The number of hydrogen-bond donors (Lipinski definition) is 1. The third kappa shape index (κ3) is 2.85. The molecule has 3 atom stereocenters. The van der Waals surface area contributed by atoms with E-state index < -0.39 is 0 Å². The Labute approximate surface area is 119 Å². The summed E-state index contributed by atoms with van der Waals surface area (Å²) in [6.07, 6.45) is 13.0. The number of nitrogens with zero attached hydrogens (tertiary/aromatic N) is 1. The molecule has 1 heterocycles. The van der Waals surface area contributed by atoms with Crippen LogP contribution in [0.5, 0.6) is 0 Å². The molecule has 0 bridgehead atoms. The number of hydrogen-bond acceptors (Lipinski definition) is 2. The Morgan fingerprint density at radius 1 is 0.947 bits per heavy atom. The molecule has 3 rings (SSSR count). The molecule has 0 aromatic rings. The summed E-state index contributed by atoms with van der Waals surface area (Å²) in [5, 5.41) is 3.93. The Hall–Kier alpha value is -0.0800. The first-order valence-electron chi connectivity index (χ1n) is 8.71. The van der Waals surface area contributed by atoms with Gasteiger partial charge >= 0.3 is 0 Å². The molecule has 3 aliphatic rings. The van der Waals surface area contributed by atoms with E-state index in [9.17, 15) is 0 Å². The maximum atomic E-state index is 3.93. The second kappa shape index (κ2) is 5.73. The lowest BCUT2D eigenvalue weighted by Gasteiger charge is -2.53. The van der Waals surface area contributed by atoms with Crippen LogP contribution in [-0.2, 0) is 0 Å². The summed E-state index contributed by atoms with van der Waals surface area (Å²) in [4.78, 5) is 2.89. The summed E-state index contributed by atoms with van der Waals surface area (Å²) in [6, 6.07) is 1.60. The van der Waals surface area contributed by atoms with E-state index in [0.29, 0.717) is 5.54 Å². The van der Waals surface area contributed by atoms with Crippen LogP contribution in [0, 0.1) is 5.92 Å². The van der Waals surface area contributed by atoms with E-state index in [2.05, 4.69) is 24.1 Å². The third-order valence-corrected chi connectivity index (χ3v) is 6.13. The van der Waals surface area contributed by atoms with E-state index in [1.54, 1.807) is 0 Å². The molecular weight excluding hydrogens is 232 g/mol. The van der Waals surface area contributed by atoms with Gasteiger partial charge in [0.2, 0.25) is 0 Å². The van der Waals surface area contributed by atoms with Crippen molar-refractivity contribution in [1.29, 1.82) is 0 Å². The van der Waals surface area contributed by atoms with Gasteiger partial charge in [-0.1, -0.05) is 39.0 Å². The van der Waals surface area contributed by atoms with E-state index in [1.165, 1.54) is 70.9 Å². The van der Waals surface area contributed by atoms with Gasteiger partial charge in [0.05, 0.1) is 0 Å². The fourth-order valence-electron chi connectivity index (χ4n) is 4.84. The standard InChI is InChI=1S/C17H32N2/c1-14-8-4-5-9-16(14)19-13-17(18-12-15(19)2)10-6-3-7-11-17/h14-16,18H,3-13H2,1-2H3. The highest BCUT2D eigenvalue weighted by Crippen LogP contribution is 2.36. The fraction of sp³-hybridized carbons (Fsp3) is 1.00. The molecule has 110 valence electrons. The first-order chi connectivity index (χ1) is 9.20. The van der Waals surface area contributed by atoms with E-state index in [4.69, 9.17) is 0 Å². The van der Waals surface area contributed by atoms with Crippen LogP contribution >= 0.6 is 0 Å². The molecule has 1 saturated heterocycles. The molecule has 0 aromatic carbocycles. The van der Waals surface area contributed by atoms with Crippen molar-refractivity contribution >= 4 is 0 Å². The van der Waals surface area contributed by atoms with Crippen molar-refractivity contribution in [3.63, 3.8) is 0 Å². The monoisotopic (exact) mass is 264 g/mol. The maximum Gasteiger partial charge on any atom is 0.0309 e. The molecule has 0 radical (unpaired) electrons. The van der Waals surface area contributed by atoms with Crippen LogP contribution in [0.2, 0.25) is 0 Å². The number of rotatable bonds is 1. The van der Waals surface area contributed by atoms with Crippen molar-refractivity contribution in [2.24, 2.45) is 5.92 Å². The van der Waals surface area contributed by atoms with Crippen LogP contribution < -0.4 is 5.32 Å². The molecule has 1 aliphatic heterocycles. The number of piperazine rings is 1. The zero-order valence-electron chi connectivity index (χ0n) is 13.0. The molecule has 1 spiro atoms. The lowest BCUT2D eigenvalue weighted by molar-refractivity contribution is 0.000608. The zero-order valence-corrected chi connectivity index (χ0v) is 13.0. The van der Waals surface area contributed by atoms with Gasteiger partial charge in [-0.25, -0.2) is 0 Å². The molecule has 3 fully saturated rings. The van der Waals surface area contributed by atoms with Gasteiger partial charge in [0, 0.05) is 30.7 Å². The molecule has 19 heavy (non-hydrogen) atoms. The van der Waals surface area contributed by atoms with Crippen molar-refractivity contribution in [2.45, 2.75) is 89.3 Å². The largest absolute Gasteiger partial charge is 0.308 e. The summed E-state index contributed by atoms with van der Waals surface area (Å²) < 4.78 is 0. The van der Waals surface area contributed by atoms with Gasteiger partial charge in [0.15, 0.2) is 0 Å². The predicted octanol–water partition coefficient (Wildman–Crippen LogP) is 3.56. The van der Waals surface area contributed by atoms with Crippen molar-refractivity contribution < 1.29 is 0 Å². The van der Waals surface area contributed by atoms with Gasteiger partial charge < -0.3 is 5.32 Å². The molecule has 2 saturated carbocycles. The average molecular weight is 264 g/mol. The summed E-state index contributed by atoms with van der Waals surface area (Å²) in [7, 11) is 0. The molecule has 0 aromatic heterocycles. The maximum absolute atomic E-state index is 3.93. The van der Waals surface area contributed by atoms with Crippen LogP contribution in [-0.4, -0.2) is 35.6 Å². The Bertz CT molecular complexity index is 296. The molecular formula is C17H32N2. The van der Waals surface area contributed by atoms with Crippen molar-refractivity contribution in [2.75, 3.05) is 13.1 Å². The Morgan fingerprint density at radius 3 is 2.42 bits per heavy atom. The van der Waals surface area contributed by atoms with Crippen LogP contribution in [0.4, 0.5) is 0 Å². The van der Waals surface area contributed by atoms with Crippen molar-refractivity contribution in [3.05, 3.63) is 0 Å². The van der Waals surface area contributed by atoms with Gasteiger partial charge in [-0.2, -0.15) is 0 Å². The summed E-state index contributed by atoms with van der Waals surface area (Å²) >= 11 is 0. The highest BCUT2D eigenvalue weighted by atomic mass is 15.3. The van der Waals surface area contributed by atoms with E-state index in [-0.39, 0.29) is 0 Å². The minimum absolute atomic E-state index is 0.474. The van der Waals surface area contributed by atoms with Crippen LogP contribution in [0.15, 0.2) is 0 Å². The lowest BCUT2D eigenvalue weighted by atomic mass is 9.77. The van der Waals surface area contributed by atoms with Gasteiger partial charge in [-0.3, -0.25) is 4.90 Å². The second-order valence-corrected chi connectivity index (χ2v) is 7.57. The van der Waals surface area contributed by atoms with Crippen molar-refractivity contribution in [1.82, 2.24) is 10.2 Å². The van der Waals surface area contributed by atoms with E-state index in [0.717, 1.165) is 18.0 Å². The number of nitrogens with one attached hydrogen (secondary N) is 1. The van der Waals surface area contributed by atoms with E-state index >= 15 is 0 Å². The third-order valence-electron chi connectivity index (χ3n) is 6.13. The Kier molecular flexibility index (Phi) is 4.19.